The number of hydrogen-bond donors (Lipinski definition) is 0. The van der Waals surface area contributed by atoms with Crippen molar-refractivity contribution in [3.05, 3.63) is 6.33 Å². The minimum Gasteiger partial charge on any atom is -0.342 e. The third kappa shape index (κ3) is 3.77. The molecule has 0 bridgehead atoms. The molecule has 9 heteroatoms. The predicted molar refractivity (Wildman–Crippen MR) is 92.5 cm³/mol. The Morgan fingerprint density at radius 1 is 1.25 bits per heavy atom. The fourth-order valence-electron chi connectivity index (χ4n) is 3.43. The minimum atomic E-state index is -3.48. The van der Waals surface area contributed by atoms with Crippen LogP contribution in [0.2, 0.25) is 0 Å². The molecule has 2 heterocycles. The molecule has 1 aliphatic heterocycles. The van der Waals surface area contributed by atoms with E-state index in [-0.39, 0.29) is 11.1 Å². The molecule has 134 valence electrons. The highest BCUT2D eigenvalue weighted by Gasteiger charge is 2.35. The molecule has 0 unspecified atom stereocenters. The van der Waals surface area contributed by atoms with Crippen LogP contribution in [0.1, 0.15) is 38.5 Å². The molecule has 0 atom stereocenters. The highest BCUT2D eigenvalue weighted by atomic mass is 32.2. The molecule has 24 heavy (non-hydrogen) atoms. The van der Waals surface area contributed by atoms with Gasteiger partial charge in [0.05, 0.1) is 11.0 Å². The second kappa shape index (κ2) is 7.43. The Kier molecular flexibility index (Phi) is 5.49. The second-order valence-corrected chi connectivity index (χ2v) is 9.98. The Labute approximate surface area is 147 Å². The van der Waals surface area contributed by atoms with Gasteiger partial charge < -0.3 is 9.47 Å². The number of sulfone groups is 1. The van der Waals surface area contributed by atoms with E-state index in [1.165, 1.54) is 36.6 Å². The number of nitrogens with zero attached hydrogens (tertiary/aromatic N) is 4. The van der Waals surface area contributed by atoms with Gasteiger partial charge in [-0.25, -0.2) is 8.42 Å². The first-order valence-corrected chi connectivity index (χ1v) is 11.1. The SMILES string of the molecule is Cn1cnnc1S(=O)(=O)C1CCN(C(=O)CSC2CCCC2)CC1. The van der Waals surface area contributed by atoms with Gasteiger partial charge in [0, 0.05) is 25.4 Å². The number of rotatable bonds is 5. The van der Waals surface area contributed by atoms with Crippen molar-refractivity contribution >= 4 is 27.5 Å². The Morgan fingerprint density at radius 2 is 1.92 bits per heavy atom. The smallest absolute Gasteiger partial charge is 0.249 e. The summed E-state index contributed by atoms with van der Waals surface area (Å²) in [6.07, 6.45) is 7.32. The number of aryl methyl sites for hydroxylation is 1. The van der Waals surface area contributed by atoms with Crippen molar-refractivity contribution in [2.45, 2.75) is 54.2 Å². The van der Waals surface area contributed by atoms with Gasteiger partial charge in [-0.2, -0.15) is 0 Å². The van der Waals surface area contributed by atoms with Crippen LogP contribution >= 0.6 is 11.8 Å². The molecule has 0 spiro atoms. The van der Waals surface area contributed by atoms with E-state index in [0.717, 1.165) is 0 Å². The lowest BCUT2D eigenvalue weighted by molar-refractivity contribution is -0.129. The average Bonchev–Trinajstić information content (AvgIpc) is 3.24. The zero-order valence-corrected chi connectivity index (χ0v) is 15.6. The quantitative estimate of drug-likeness (QED) is 0.773. The van der Waals surface area contributed by atoms with E-state index in [1.807, 2.05) is 4.90 Å². The summed E-state index contributed by atoms with van der Waals surface area (Å²) in [6, 6.07) is 0. The first-order valence-electron chi connectivity index (χ1n) is 8.46. The summed E-state index contributed by atoms with van der Waals surface area (Å²) in [6.45, 7) is 1.01. The van der Waals surface area contributed by atoms with Gasteiger partial charge in [0.25, 0.3) is 0 Å². The molecule has 3 rings (SSSR count). The van der Waals surface area contributed by atoms with Crippen LogP contribution in [0.25, 0.3) is 0 Å². The van der Waals surface area contributed by atoms with Gasteiger partial charge in [0.1, 0.15) is 6.33 Å². The minimum absolute atomic E-state index is 0.0177. The highest BCUT2D eigenvalue weighted by Crippen LogP contribution is 2.30. The van der Waals surface area contributed by atoms with Crippen molar-refractivity contribution in [3.63, 3.8) is 0 Å². The molecule has 1 aliphatic carbocycles. The normalized spacial score (nSPS) is 20.6. The van der Waals surface area contributed by atoms with Gasteiger partial charge in [-0.05, 0) is 25.7 Å². The van der Waals surface area contributed by atoms with Gasteiger partial charge in [0.15, 0.2) is 0 Å². The number of aromatic nitrogens is 3. The van der Waals surface area contributed by atoms with E-state index in [9.17, 15) is 13.2 Å². The molecule has 0 N–H and O–H groups in total. The number of amides is 1. The maximum atomic E-state index is 12.6. The van der Waals surface area contributed by atoms with Gasteiger partial charge >= 0.3 is 0 Å². The maximum absolute atomic E-state index is 12.6. The van der Waals surface area contributed by atoms with Crippen LogP contribution in [0.4, 0.5) is 0 Å². The first-order chi connectivity index (χ1) is 11.5. The second-order valence-electron chi connectivity index (χ2n) is 6.57. The monoisotopic (exact) mass is 372 g/mol. The highest BCUT2D eigenvalue weighted by molar-refractivity contribution is 8.00. The molecule has 1 amide bonds. The van der Waals surface area contributed by atoms with Gasteiger partial charge in [-0.3, -0.25) is 4.79 Å². The third-order valence-corrected chi connectivity index (χ3v) is 8.49. The van der Waals surface area contributed by atoms with E-state index in [0.29, 0.717) is 36.9 Å². The van der Waals surface area contributed by atoms with Crippen molar-refractivity contribution in [2.24, 2.45) is 7.05 Å². The van der Waals surface area contributed by atoms with Crippen LogP contribution in [-0.2, 0) is 21.7 Å². The fourth-order valence-corrected chi connectivity index (χ4v) is 6.40. The maximum Gasteiger partial charge on any atom is 0.249 e. The summed E-state index contributed by atoms with van der Waals surface area (Å²) >= 11 is 1.76. The molecule has 1 saturated heterocycles. The van der Waals surface area contributed by atoms with Crippen LogP contribution in [0.5, 0.6) is 0 Å². The van der Waals surface area contributed by atoms with Crippen LogP contribution in [0.15, 0.2) is 11.5 Å². The molecular weight excluding hydrogens is 348 g/mol. The largest absolute Gasteiger partial charge is 0.342 e. The summed E-state index contributed by atoms with van der Waals surface area (Å²) in [5.74, 6) is 0.659. The lowest BCUT2D eigenvalue weighted by atomic mass is 10.1. The summed E-state index contributed by atoms with van der Waals surface area (Å²) in [5, 5.41) is 7.55. The Balaban J connectivity index is 1.52. The van der Waals surface area contributed by atoms with Crippen molar-refractivity contribution in [1.29, 1.82) is 0 Å². The summed E-state index contributed by atoms with van der Waals surface area (Å²) in [5.41, 5.74) is 0. The Bertz CT molecular complexity index is 675. The van der Waals surface area contributed by atoms with E-state index in [4.69, 9.17) is 0 Å². The molecule has 2 aliphatic rings. The Morgan fingerprint density at radius 3 is 2.50 bits per heavy atom. The molecule has 0 radical (unpaired) electrons. The number of carbonyl (C=O) groups excluding carboxylic acids is 1. The molecule has 2 fully saturated rings. The molecule has 1 saturated carbocycles. The van der Waals surface area contributed by atoms with Crippen LogP contribution in [-0.4, -0.2) is 63.3 Å². The van der Waals surface area contributed by atoms with Crippen LogP contribution in [0, 0.1) is 0 Å². The van der Waals surface area contributed by atoms with E-state index in [2.05, 4.69) is 10.2 Å². The molecule has 0 aromatic carbocycles. The Hall–Kier alpha value is -1.09. The number of likely N-dealkylation sites (tertiary alicyclic amines) is 1. The zero-order valence-electron chi connectivity index (χ0n) is 13.9. The van der Waals surface area contributed by atoms with Crippen molar-refractivity contribution in [1.82, 2.24) is 19.7 Å². The van der Waals surface area contributed by atoms with Gasteiger partial charge in [0.2, 0.25) is 20.9 Å². The van der Waals surface area contributed by atoms with Crippen LogP contribution < -0.4 is 0 Å². The first kappa shape index (κ1) is 17.7. The lowest BCUT2D eigenvalue weighted by Gasteiger charge is -2.31. The van der Waals surface area contributed by atoms with E-state index in [1.54, 1.807) is 18.8 Å². The van der Waals surface area contributed by atoms with Crippen molar-refractivity contribution < 1.29 is 13.2 Å². The summed E-state index contributed by atoms with van der Waals surface area (Å²) in [7, 11) is -1.85. The fraction of sp³-hybridized carbons (Fsp3) is 0.800. The molecule has 1 aromatic rings. The van der Waals surface area contributed by atoms with E-state index >= 15 is 0 Å². The van der Waals surface area contributed by atoms with Crippen LogP contribution in [0.3, 0.4) is 0 Å². The number of thioether (sulfide) groups is 1. The number of hydrogen-bond acceptors (Lipinski definition) is 6. The molecule has 1 aromatic heterocycles. The zero-order chi connectivity index (χ0) is 17.2. The molecule has 7 nitrogen and oxygen atoms in total. The third-order valence-electron chi connectivity index (χ3n) is 4.90. The average molecular weight is 373 g/mol. The lowest BCUT2D eigenvalue weighted by Crippen LogP contribution is -2.43. The number of piperidine rings is 1. The summed E-state index contributed by atoms with van der Waals surface area (Å²) in [4.78, 5) is 14.1. The predicted octanol–water partition coefficient (Wildman–Crippen LogP) is 1.26. The van der Waals surface area contributed by atoms with E-state index < -0.39 is 15.1 Å². The van der Waals surface area contributed by atoms with Crippen molar-refractivity contribution in [2.75, 3.05) is 18.8 Å². The standard InChI is InChI=1S/C15H24N4O3S2/c1-18-11-16-17-15(18)24(21,22)13-6-8-19(9-7-13)14(20)10-23-12-4-2-3-5-12/h11-13H,2-10H2,1H3. The molecular formula is C15H24N4O3S2. The summed E-state index contributed by atoms with van der Waals surface area (Å²) < 4.78 is 26.7. The van der Waals surface area contributed by atoms with Gasteiger partial charge in [-0.1, -0.05) is 12.8 Å². The topological polar surface area (TPSA) is 85.2 Å². The number of carbonyl (C=O) groups is 1. The van der Waals surface area contributed by atoms with Crippen molar-refractivity contribution in [3.8, 4) is 0 Å². The van der Waals surface area contributed by atoms with Gasteiger partial charge in [-0.15, -0.1) is 22.0 Å².